The van der Waals surface area contributed by atoms with Crippen LogP contribution in [0.2, 0.25) is 0 Å². The van der Waals surface area contributed by atoms with E-state index in [1.807, 2.05) is 24.3 Å². The number of esters is 1. The molecule has 0 bridgehead atoms. The maximum absolute atomic E-state index is 12.0. The van der Waals surface area contributed by atoms with E-state index < -0.39 is 0 Å². The van der Waals surface area contributed by atoms with Crippen LogP contribution in [0.15, 0.2) is 29.8 Å². The molecule has 3 rings (SSSR count). The van der Waals surface area contributed by atoms with Crippen LogP contribution in [0.3, 0.4) is 0 Å². The largest absolute Gasteiger partial charge is 0.422 e. The maximum atomic E-state index is 12.0. The number of benzene rings is 1. The van der Waals surface area contributed by atoms with Gasteiger partial charge >= 0.3 is 5.97 Å². The monoisotopic (exact) mass is 289 g/mol. The Morgan fingerprint density at radius 2 is 2.20 bits per heavy atom. The van der Waals surface area contributed by atoms with Crippen LogP contribution in [0, 0.1) is 6.92 Å². The SMILES string of the molecule is Cc1ncsc1C(=O)Oc1ccc([C@@H]2CCOC2)cc1. The number of carbonyl (C=O) groups excluding carboxylic acids is 1. The number of carbonyl (C=O) groups is 1. The third kappa shape index (κ3) is 2.73. The molecule has 0 N–H and O–H groups in total. The lowest BCUT2D eigenvalue weighted by molar-refractivity contribution is 0.0739. The fourth-order valence-corrected chi connectivity index (χ4v) is 2.93. The van der Waals surface area contributed by atoms with Gasteiger partial charge in [-0.2, -0.15) is 0 Å². The van der Waals surface area contributed by atoms with Gasteiger partial charge in [0.25, 0.3) is 0 Å². The second kappa shape index (κ2) is 5.73. The first-order valence-electron chi connectivity index (χ1n) is 6.54. The van der Waals surface area contributed by atoms with Crippen molar-refractivity contribution in [2.45, 2.75) is 19.3 Å². The molecule has 0 radical (unpaired) electrons. The highest BCUT2D eigenvalue weighted by atomic mass is 32.1. The lowest BCUT2D eigenvalue weighted by Crippen LogP contribution is -2.08. The normalized spacial score (nSPS) is 18.1. The first-order chi connectivity index (χ1) is 9.74. The highest BCUT2D eigenvalue weighted by Crippen LogP contribution is 2.27. The Labute approximate surface area is 121 Å². The first kappa shape index (κ1) is 13.3. The van der Waals surface area contributed by atoms with Gasteiger partial charge in [-0.25, -0.2) is 9.78 Å². The lowest BCUT2D eigenvalue weighted by atomic mass is 9.99. The number of aromatic nitrogens is 1. The molecule has 0 amide bonds. The summed E-state index contributed by atoms with van der Waals surface area (Å²) in [7, 11) is 0. The Bertz CT molecular complexity index is 600. The molecule has 1 atom stereocenters. The van der Waals surface area contributed by atoms with Crippen molar-refractivity contribution >= 4 is 17.3 Å². The molecule has 4 nitrogen and oxygen atoms in total. The zero-order valence-corrected chi connectivity index (χ0v) is 12.0. The number of rotatable bonds is 3. The van der Waals surface area contributed by atoms with E-state index in [0.717, 1.165) is 19.6 Å². The molecule has 5 heteroatoms. The zero-order valence-electron chi connectivity index (χ0n) is 11.2. The van der Waals surface area contributed by atoms with E-state index in [9.17, 15) is 4.79 Å². The van der Waals surface area contributed by atoms with Gasteiger partial charge in [-0.15, -0.1) is 11.3 Å². The standard InChI is InChI=1S/C15H15NO3S/c1-10-14(20-9-16-10)15(17)19-13-4-2-11(3-5-13)12-6-7-18-8-12/h2-5,9,12H,6-8H2,1H3/t12-/m1/s1. The molecule has 104 valence electrons. The summed E-state index contributed by atoms with van der Waals surface area (Å²) in [5, 5.41) is 0. The summed E-state index contributed by atoms with van der Waals surface area (Å²) >= 11 is 1.30. The van der Waals surface area contributed by atoms with Crippen molar-refractivity contribution in [3.8, 4) is 5.75 Å². The molecule has 1 aliphatic heterocycles. The first-order valence-corrected chi connectivity index (χ1v) is 7.42. The summed E-state index contributed by atoms with van der Waals surface area (Å²) in [6, 6.07) is 7.67. The van der Waals surface area contributed by atoms with E-state index in [0.29, 0.717) is 22.2 Å². The Morgan fingerprint density at radius 3 is 2.80 bits per heavy atom. The average Bonchev–Trinajstić information content (AvgIpc) is 3.10. The number of aryl methyl sites for hydroxylation is 1. The van der Waals surface area contributed by atoms with Gasteiger partial charge in [0, 0.05) is 12.5 Å². The van der Waals surface area contributed by atoms with Crippen LogP contribution >= 0.6 is 11.3 Å². The summed E-state index contributed by atoms with van der Waals surface area (Å²) in [6.07, 6.45) is 1.05. The van der Waals surface area contributed by atoms with Gasteiger partial charge in [-0.3, -0.25) is 0 Å². The summed E-state index contributed by atoms with van der Waals surface area (Å²) in [4.78, 5) is 16.6. The predicted octanol–water partition coefficient (Wildman–Crippen LogP) is 3.17. The highest BCUT2D eigenvalue weighted by Gasteiger charge is 2.18. The molecule has 1 fully saturated rings. The van der Waals surface area contributed by atoms with E-state index in [4.69, 9.17) is 9.47 Å². The average molecular weight is 289 g/mol. The van der Waals surface area contributed by atoms with Crippen molar-refractivity contribution in [2.75, 3.05) is 13.2 Å². The molecule has 20 heavy (non-hydrogen) atoms. The molecule has 0 unspecified atom stereocenters. The Kier molecular flexibility index (Phi) is 3.80. The molecule has 0 spiro atoms. The number of hydrogen-bond acceptors (Lipinski definition) is 5. The molecule has 0 saturated carbocycles. The van der Waals surface area contributed by atoms with Crippen molar-refractivity contribution < 1.29 is 14.3 Å². The molecule has 2 aromatic rings. The fourth-order valence-electron chi connectivity index (χ4n) is 2.26. The molecular formula is C15H15NO3S. The second-order valence-corrected chi connectivity index (χ2v) is 5.64. The zero-order chi connectivity index (χ0) is 13.9. The number of thiazole rings is 1. The quantitative estimate of drug-likeness (QED) is 0.643. The van der Waals surface area contributed by atoms with E-state index in [1.165, 1.54) is 16.9 Å². The summed E-state index contributed by atoms with van der Waals surface area (Å²) in [5.41, 5.74) is 3.59. The fraction of sp³-hybridized carbons (Fsp3) is 0.333. The van der Waals surface area contributed by atoms with Gasteiger partial charge in [0.05, 0.1) is 17.8 Å². The predicted molar refractivity (Wildman–Crippen MR) is 76.4 cm³/mol. The van der Waals surface area contributed by atoms with Crippen molar-refractivity contribution in [3.63, 3.8) is 0 Å². The summed E-state index contributed by atoms with van der Waals surface area (Å²) < 4.78 is 10.7. The Hall–Kier alpha value is -1.72. The van der Waals surface area contributed by atoms with Gasteiger partial charge < -0.3 is 9.47 Å². The Balaban J connectivity index is 1.69. The highest BCUT2D eigenvalue weighted by molar-refractivity contribution is 7.11. The molecule has 1 aromatic carbocycles. The van der Waals surface area contributed by atoms with Gasteiger partial charge in [0.1, 0.15) is 10.6 Å². The van der Waals surface area contributed by atoms with Crippen LogP contribution in [0.1, 0.15) is 33.3 Å². The van der Waals surface area contributed by atoms with Crippen LogP contribution in [-0.4, -0.2) is 24.2 Å². The summed E-state index contributed by atoms with van der Waals surface area (Å²) in [5.74, 6) is 0.677. The number of hydrogen-bond donors (Lipinski definition) is 0. The van der Waals surface area contributed by atoms with Crippen molar-refractivity contribution in [2.24, 2.45) is 0 Å². The minimum atomic E-state index is -0.345. The maximum Gasteiger partial charge on any atom is 0.355 e. The second-order valence-electron chi connectivity index (χ2n) is 4.79. The van der Waals surface area contributed by atoms with Crippen LogP contribution in [0.4, 0.5) is 0 Å². The molecule has 2 heterocycles. The van der Waals surface area contributed by atoms with Gasteiger partial charge in [-0.1, -0.05) is 12.1 Å². The summed E-state index contributed by atoms with van der Waals surface area (Å²) in [6.45, 7) is 3.40. The van der Waals surface area contributed by atoms with Crippen molar-refractivity contribution in [1.82, 2.24) is 4.98 Å². The molecular weight excluding hydrogens is 274 g/mol. The van der Waals surface area contributed by atoms with E-state index in [1.54, 1.807) is 12.4 Å². The minimum absolute atomic E-state index is 0.345. The lowest BCUT2D eigenvalue weighted by Gasteiger charge is -2.09. The topological polar surface area (TPSA) is 48.4 Å². The van der Waals surface area contributed by atoms with E-state index in [2.05, 4.69) is 4.98 Å². The minimum Gasteiger partial charge on any atom is -0.422 e. The van der Waals surface area contributed by atoms with Crippen LogP contribution in [0.25, 0.3) is 0 Å². The number of ether oxygens (including phenoxy) is 2. The van der Waals surface area contributed by atoms with Crippen molar-refractivity contribution in [3.05, 3.63) is 45.9 Å². The van der Waals surface area contributed by atoms with Crippen LogP contribution in [0.5, 0.6) is 5.75 Å². The molecule has 1 aliphatic rings. The van der Waals surface area contributed by atoms with Crippen LogP contribution in [-0.2, 0) is 4.74 Å². The molecule has 0 aliphatic carbocycles. The van der Waals surface area contributed by atoms with E-state index in [-0.39, 0.29) is 5.97 Å². The molecule has 1 aromatic heterocycles. The Morgan fingerprint density at radius 1 is 1.40 bits per heavy atom. The smallest absolute Gasteiger partial charge is 0.355 e. The van der Waals surface area contributed by atoms with E-state index >= 15 is 0 Å². The number of nitrogens with zero attached hydrogens (tertiary/aromatic N) is 1. The van der Waals surface area contributed by atoms with Gasteiger partial charge in [0.15, 0.2) is 0 Å². The van der Waals surface area contributed by atoms with Gasteiger partial charge in [0.2, 0.25) is 0 Å². The third-order valence-corrected chi connectivity index (χ3v) is 4.33. The van der Waals surface area contributed by atoms with Gasteiger partial charge in [-0.05, 0) is 31.0 Å². The van der Waals surface area contributed by atoms with Crippen LogP contribution < -0.4 is 4.74 Å². The van der Waals surface area contributed by atoms with Crippen molar-refractivity contribution in [1.29, 1.82) is 0 Å². The third-order valence-electron chi connectivity index (χ3n) is 3.42. The molecule has 1 saturated heterocycles.